The van der Waals surface area contributed by atoms with Crippen LogP contribution in [0.5, 0.6) is 0 Å². The average molecular weight is 292 g/mol. The van der Waals surface area contributed by atoms with Gasteiger partial charge in [0.05, 0.1) is 0 Å². The highest BCUT2D eigenvalue weighted by atomic mass is 15.1. The van der Waals surface area contributed by atoms with Crippen LogP contribution in [0.1, 0.15) is 67.2 Å². The molecule has 1 aliphatic carbocycles. The van der Waals surface area contributed by atoms with E-state index in [-0.39, 0.29) is 0 Å². The van der Waals surface area contributed by atoms with E-state index in [0.717, 1.165) is 17.8 Å². The van der Waals surface area contributed by atoms with Crippen LogP contribution >= 0.6 is 0 Å². The van der Waals surface area contributed by atoms with Crippen molar-refractivity contribution in [3.8, 4) is 0 Å². The van der Waals surface area contributed by atoms with Crippen molar-refractivity contribution < 1.29 is 0 Å². The van der Waals surface area contributed by atoms with Crippen LogP contribution in [-0.4, -0.2) is 18.0 Å². The Morgan fingerprint density at radius 1 is 1.14 bits per heavy atom. The quantitative estimate of drug-likeness (QED) is 0.454. The van der Waals surface area contributed by atoms with Gasteiger partial charge in [0.25, 0.3) is 0 Å². The molecule has 2 unspecified atom stereocenters. The Morgan fingerprint density at radius 2 is 1.76 bits per heavy atom. The number of hydrogen-bond donors (Lipinski definition) is 0. The van der Waals surface area contributed by atoms with Gasteiger partial charge in [0, 0.05) is 18.8 Å². The van der Waals surface area contributed by atoms with Gasteiger partial charge in [-0.3, -0.25) is 0 Å². The molecule has 21 heavy (non-hydrogen) atoms. The fraction of sp³-hybridized carbons (Fsp3) is 0.800. The number of allylic oxidation sites excluding steroid dienone is 3. The Bertz CT molecular complexity index is 345. The van der Waals surface area contributed by atoms with Gasteiger partial charge in [0.15, 0.2) is 0 Å². The van der Waals surface area contributed by atoms with Crippen molar-refractivity contribution in [2.24, 2.45) is 23.7 Å². The molecule has 1 nitrogen and oxygen atoms in total. The predicted molar refractivity (Wildman–Crippen MR) is 95.3 cm³/mol. The second-order valence-electron chi connectivity index (χ2n) is 7.81. The minimum Gasteiger partial charge on any atom is -0.375 e. The van der Waals surface area contributed by atoms with Gasteiger partial charge in [-0.05, 0) is 63.2 Å². The summed E-state index contributed by atoms with van der Waals surface area (Å²) in [6.45, 7) is 20.5. The molecule has 0 heterocycles. The van der Waals surface area contributed by atoms with E-state index < -0.39 is 0 Å². The molecule has 0 bridgehead atoms. The van der Waals surface area contributed by atoms with E-state index in [4.69, 9.17) is 0 Å². The molecule has 1 saturated carbocycles. The van der Waals surface area contributed by atoms with E-state index >= 15 is 0 Å². The van der Waals surface area contributed by atoms with Crippen molar-refractivity contribution in [1.29, 1.82) is 0 Å². The van der Waals surface area contributed by atoms with Crippen molar-refractivity contribution in [3.05, 3.63) is 23.9 Å². The zero-order chi connectivity index (χ0) is 16.0. The Hall–Kier alpha value is -0.720. The molecular weight excluding hydrogens is 254 g/mol. The fourth-order valence-corrected chi connectivity index (χ4v) is 2.73. The van der Waals surface area contributed by atoms with Crippen LogP contribution in [0.2, 0.25) is 0 Å². The van der Waals surface area contributed by atoms with Crippen molar-refractivity contribution in [3.63, 3.8) is 0 Å². The van der Waals surface area contributed by atoms with Gasteiger partial charge < -0.3 is 4.90 Å². The zero-order valence-electron chi connectivity index (χ0n) is 15.3. The van der Waals surface area contributed by atoms with Crippen LogP contribution in [-0.2, 0) is 0 Å². The third kappa shape index (κ3) is 7.20. The number of rotatable bonds is 10. The monoisotopic (exact) mass is 291 g/mol. The lowest BCUT2D eigenvalue weighted by atomic mass is 9.90. The summed E-state index contributed by atoms with van der Waals surface area (Å²) >= 11 is 0. The summed E-state index contributed by atoms with van der Waals surface area (Å²) in [5.41, 5.74) is 2.78. The standard InChI is InChI=1S/C20H37N/c1-15(2)9-8-10-17(5)18(6)13-21(14-20-11-12-20)19(7)16(3)4/h9,16-18,20H,7-8,10-14H2,1-6H3. The van der Waals surface area contributed by atoms with Crippen LogP contribution in [0.3, 0.4) is 0 Å². The first-order chi connectivity index (χ1) is 9.81. The molecule has 1 rings (SSSR count). The summed E-state index contributed by atoms with van der Waals surface area (Å²) in [6, 6.07) is 0. The molecule has 0 spiro atoms. The third-order valence-electron chi connectivity index (χ3n) is 4.90. The fourth-order valence-electron chi connectivity index (χ4n) is 2.73. The van der Waals surface area contributed by atoms with E-state index in [1.807, 2.05) is 0 Å². The molecule has 2 atom stereocenters. The largest absolute Gasteiger partial charge is 0.375 e. The van der Waals surface area contributed by atoms with E-state index in [1.165, 1.54) is 50.0 Å². The molecule has 0 aromatic carbocycles. The summed E-state index contributed by atoms with van der Waals surface area (Å²) in [5, 5.41) is 0. The first-order valence-corrected chi connectivity index (χ1v) is 8.88. The smallest absolute Gasteiger partial charge is 0.0203 e. The average Bonchev–Trinajstić information content (AvgIpc) is 3.20. The van der Waals surface area contributed by atoms with Crippen LogP contribution in [0.4, 0.5) is 0 Å². The van der Waals surface area contributed by atoms with Gasteiger partial charge in [-0.2, -0.15) is 0 Å². The highest BCUT2D eigenvalue weighted by molar-refractivity contribution is 4.99. The Labute approximate surface area is 133 Å². The minimum atomic E-state index is 0.567. The maximum absolute atomic E-state index is 4.35. The lowest BCUT2D eigenvalue weighted by Gasteiger charge is -2.33. The molecular formula is C20H37N. The normalized spacial score (nSPS) is 17.5. The molecule has 1 fully saturated rings. The molecule has 0 aliphatic heterocycles. The van der Waals surface area contributed by atoms with Gasteiger partial charge in [-0.15, -0.1) is 0 Å². The van der Waals surface area contributed by atoms with E-state index in [2.05, 4.69) is 59.1 Å². The van der Waals surface area contributed by atoms with Crippen molar-refractivity contribution in [2.75, 3.05) is 13.1 Å². The second kappa shape index (κ2) is 8.66. The predicted octanol–water partition coefficient (Wildman–Crippen LogP) is 5.89. The van der Waals surface area contributed by atoms with E-state index in [1.54, 1.807) is 0 Å². The van der Waals surface area contributed by atoms with Gasteiger partial charge in [-0.25, -0.2) is 0 Å². The van der Waals surface area contributed by atoms with Crippen LogP contribution in [0.25, 0.3) is 0 Å². The summed E-state index contributed by atoms with van der Waals surface area (Å²) in [5.74, 6) is 3.03. The number of nitrogens with zero attached hydrogens (tertiary/aromatic N) is 1. The molecule has 0 N–H and O–H groups in total. The van der Waals surface area contributed by atoms with Crippen LogP contribution in [0.15, 0.2) is 23.9 Å². The van der Waals surface area contributed by atoms with Gasteiger partial charge in [0.1, 0.15) is 0 Å². The number of hydrogen-bond acceptors (Lipinski definition) is 1. The first kappa shape index (κ1) is 18.3. The molecule has 0 amide bonds. The van der Waals surface area contributed by atoms with Gasteiger partial charge in [0.2, 0.25) is 0 Å². The maximum Gasteiger partial charge on any atom is 0.0203 e. The second-order valence-corrected chi connectivity index (χ2v) is 7.81. The van der Waals surface area contributed by atoms with Gasteiger partial charge >= 0.3 is 0 Å². The van der Waals surface area contributed by atoms with Crippen molar-refractivity contribution in [2.45, 2.75) is 67.2 Å². The highest BCUT2D eigenvalue weighted by Crippen LogP contribution is 2.32. The zero-order valence-corrected chi connectivity index (χ0v) is 15.3. The highest BCUT2D eigenvalue weighted by Gasteiger charge is 2.27. The summed E-state index contributed by atoms with van der Waals surface area (Å²) in [6.07, 6.45) is 7.75. The molecule has 0 radical (unpaired) electrons. The molecule has 1 heteroatoms. The molecule has 0 aromatic heterocycles. The topological polar surface area (TPSA) is 3.24 Å². The Balaban J connectivity index is 2.47. The van der Waals surface area contributed by atoms with E-state index in [0.29, 0.717) is 5.92 Å². The molecule has 1 aliphatic rings. The summed E-state index contributed by atoms with van der Waals surface area (Å²) in [7, 11) is 0. The third-order valence-corrected chi connectivity index (χ3v) is 4.90. The summed E-state index contributed by atoms with van der Waals surface area (Å²) in [4.78, 5) is 2.59. The molecule has 122 valence electrons. The van der Waals surface area contributed by atoms with Crippen molar-refractivity contribution in [1.82, 2.24) is 4.90 Å². The van der Waals surface area contributed by atoms with Crippen molar-refractivity contribution >= 4 is 0 Å². The van der Waals surface area contributed by atoms with Gasteiger partial charge in [-0.1, -0.05) is 45.9 Å². The molecule has 0 saturated heterocycles. The van der Waals surface area contributed by atoms with Crippen LogP contribution in [0, 0.1) is 23.7 Å². The Kier molecular flexibility index (Phi) is 7.56. The Morgan fingerprint density at radius 3 is 2.24 bits per heavy atom. The van der Waals surface area contributed by atoms with E-state index in [9.17, 15) is 0 Å². The van der Waals surface area contributed by atoms with Crippen LogP contribution < -0.4 is 0 Å². The first-order valence-electron chi connectivity index (χ1n) is 8.88. The lowest BCUT2D eigenvalue weighted by molar-refractivity contribution is 0.222. The lowest BCUT2D eigenvalue weighted by Crippen LogP contribution is -2.33. The minimum absolute atomic E-state index is 0.567. The summed E-state index contributed by atoms with van der Waals surface area (Å²) < 4.78 is 0. The molecule has 0 aromatic rings. The SMILES string of the molecule is C=C(C(C)C)N(CC1CC1)CC(C)C(C)CCC=C(C)C. The maximum atomic E-state index is 4.35.